The van der Waals surface area contributed by atoms with E-state index >= 15 is 0 Å². The van der Waals surface area contributed by atoms with Gasteiger partial charge in [-0.1, -0.05) is 0 Å². The van der Waals surface area contributed by atoms with Gasteiger partial charge in [-0.25, -0.2) is 5.01 Å². The average Bonchev–Trinajstić information content (AvgIpc) is 2.34. The van der Waals surface area contributed by atoms with Crippen LogP contribution in [-0.2, 0) is 9.59 Å². The molecule has 23 heavy (non-hydrogen) atoms. The van der Waals surface area contributed by atoms with E-state index in [9.17, 15) is 9.59 Å². The third-order valence-corrected chi connectivity index (χ3v) is 4.34. The summed E-state index contributed by atoms with van der Waals surface area (Å²) in [6.45, 7) is 12.4. The van der Waals surface area contributed by atoms with Gasteiger partial charge in [0.1, 0.15) is 5.71 Å². The SMILES string of the molecule is CC(C)N1N=C(C(=O)NC2CC(C)(C)NC(C)(C)C2)CCC1=O. The second-order valence-corrected chi connectivity index (χ2v) is 8.35. The van der Waals surface area contributed by atoms with E-state index in [0.29, 0.717) is 18.6 Å². The molecular formula is C17H30N4O2. The van der Waals surface area contributed by atoms with E-state index in [1.165, 1.54) is 5.01 Å². The average molecular weight is 322 g/mol. The van der Waals surface area contributed by atoms with E-state index in [-0.39, 0.29) is 35.0 Å². The van der Waals surface area contributed by atoms with Gasteiger partial charge in [-0.05, 0) is 54.4 Å². The van der Waals surface area contributed by atoms with Crippen molar-refractivity contribution in [2.75, 3.05) is 0 Å². The Kier molecular flexibility index (Phi) is 4.85. The Bertz CT molecular complexity index is 507. The summed E-state index contributed by atoms with van der Waals surface area (Å²) >= 11 is 0. The molecule has 0 saturated carbocycles. The summed E-state index contributed by atoms with van der Waals surface area (Å²) in [5, 5.41) is 12.4. The van der Waals surface area contributed by atoms with Gasteiger partial charge >= 0.3 is 0 Å². The summed E-state index contributed by atoms with van der Waals surface area (Å²) in [4.78, 5) is 24.4. The van der Waals surface area contributed by atoms with Gasteiger partial charge in [0.25, 0.3) is 5.91 Å². The molecule has 0 aromatic heterocycles. The molecule has 0 aromatic carbocycles. The number of piperidine rings is 1. The molecule has 130 valence electrons. The fraction of sp³-hybridized carbons (Fsp3) is 0.824. The molecule has 6 nitrogen and oxygen atoms in total. The monoisotopic (exact) mass is 322 g/mol. The summed E-state index contributed by atoms with van der Waals surface area (Å²) in [6, 6.07) is 0.0870. The minimum Gasteiger partial charge on any atom is -0.348 e. The van der Waals surface area contributed by atoms with E-state index in [2.05, 4.69) is 43.4 Å². The largest absolute Gasteiger partial charge is 0.348 e. The van der Waals surface area contributed by atoms with Gasteiger partial charge in [0.05, 0.1) is 0 Å². The number of hydrazone groups is 1. The van der Waals surface area contributed by atoms with Crippen molar-refractivity contribution < 1.29 is 9.59 Å². The number of amides is 2. The first-order valence-electron chi connectivity index (χ1n) is 8.49. The Morgan fingerprint density at radius 2 is 1.78 bits per heavy atom. The second kappa shape index (κ2) is 6.23. The number of rotatable bonds is 3. The maximum Gasteiger partial charge on any atom is 0.267 e. The molecule has 2 N–H and O–H groups in total. The zero-order valence-corrected chi connectivity index (χ0v) is 15.2. The van der Waals surface area contributed by atoms with Crippen molar-refractivity contribution >= 4 is 17.5 Å². The molecule has 2 heterocycles. The molecule has 0 spiro atoms. The van der Waals surface area contributed by atoms with E-state index in [1.54, 1.807) is 0 Å². The lowest BCUT2D eigenvalue weighted by Gasteiger charge is -2.46. The molecule has 0 radical (unpaired) electrons. The van der Waals surface area contributed by atoms with Crippen LogP contribution < -0.4 is 10.6 Å². The normalized spacial score (nSPS) is 24.6. The zero-order chi connectivity index (χ0) is 17.4. The van der Waals surface area contributed by atoms with Crippen molar-refractivity contribution in [3.05, 3.63) is 0 Å². The number of carbonyl (C=O) groups is 2. The molecule has 6 heteroatoms. The van der Waals surface area contributed by atoms with Crippen LogP contribution in [-0.4, -0.2) is 45.7 Å². The van der Waals surface area contributed by atoms with Crippen molar-refractivity contribution in [1.29, 1.82) is 0 Å². The van der Waals surface area contributed by atoms with Crippen LogP contribution >= 0.6 is 0 Å². The van der Waals surface area contributed by atoms with Crippen LogP contribution in [0.2, 0.25) is 0 Å². The minimum absolute atomic E-state index is 0.0133. The van der Waals surface area contributed by atoms with Crippen LogP contribution in [0.15, 0.2) is 5.10 Å². The third-order valence-electron chi connectivity index (χ3n) is 4.34. The Labute approximate surface area is 139 Å². The summed E-state index contributed by atoms with van der Waals surface area (Å²) < 4.78 is 0. The highest BCUT2D eigenvalue weighted by atomic mass is 16.2. The van der Waals surface area contributed by atoms with Crippen molar-refractivity contribution in [2.45, 2.75) is 90.4 Å². The lowest BCUT2D eigenvalue weighted by molar-refractivity contribution is -0.133. The van der Waals surface area contributed by atoms with Crippen LogP contribution in [0.5, 0.6) is 0 Å². The summed E-state index contributed by atoms with van der Waals surface area (Å²) in [7, 11) is 0. The highest BCUT2D eigenvalue weighted by Gasteiger charge is 2.38. The Morgan fingerprint density at radius 3 is 2.30 bits per heavy atom. The van der Waals surface area contributed by atoms with Crippen molar-refractivity contribution in [3.8, 4) is 0 Å². The summed E-state index contributed by atoms with van der Waals surface area (Å²) in [5.41, 5.74) is 0.426. The first kappa shape index (κ1) is 17.9. The molecule has 2 aliphatic heterocycles. The zero-order valence-electron chi connectivity index (χ0n) is 15.2. The quantitative estimate of drug-likeness (QED) is 0.832. The number of carbonyl (C=O) groups excluding carboxylic acids is 2. The number of hydrogen-bond donors (Lipinski definition) is 2. The van der Waals surface area contributed by atoms with Gasteiger partial charge in [-0.2, -0.15) is 5.10 Å². The predicted molar refractivity (Wildman–Crippen MR) is 91.1 cm³/mol. The molecule has 2 rings (SSSR count). The predicted octanol–water partition coefficient (Wildman–Crippen LogP) is 1.80. The van der Waals surface area contributed by atoms with Crippen LogP contribution in [0.3, 0.4) is 0 Å². The fourth-order valence-electron chi connectivity index (χ4n) is 3.83. The molecule has 0 aromatic rings. The van der Waals surface area contributed by atoms with Crippen LogP contribution in [0.25, 0.3) is 0 Å². The van der Waals surface area contributed by atoms with Crippen LogP contribution in [0.1, 0.15) is 67.2 Å². The van der Waals surface area contributed by atoms with Gasteiger partial charge in [0.2, 0.25) is 5.91 Å². The molecule has 2 aliphatic rings. The maximum atomic E-state index is 12.6. The minimum atomic E-state index is -0.137. The third kappa shape index (κ3) is 4.53. The number of nitrogens with zero attached hydrogens (tertiary/aromatic N) is 2. The number of nitrogens with one attached hydrogen (secondary N) is 2. The summed E-state index contributed by atoms with van der Waals surface area (Å²) in [5.74, 6) is -0.151. The molecular weight excluding hydrogens is 292 g/mol. The molecule has 2 amide bonds. The Hall–Kier alpha value is -1.43. The first-order valence-corrected chi connectivity index (χ1v) is 8.49. The lowest BCUT2D eigenvalue weighted by Crippen LogP contribution is -2.62. The number of hydrogen-bond acceptors (Lipinski definition) is 4. The highest BCUT2D eigenvalue weighted by molar-refractivity contribution is 6.39. The molecule has 1 fully saturated rings. The van der Waals surface area contributed by atoms with Crippen molar-refractivity contribution in [2.24, 2.45) is 5.10 Å². The second-order valence-electron chi connectivity index (χ2n) is 8.35. The topological polar surface area (TPSA) is 73.8 Å². The smallest absolute Gasteiger partial charge is 0.267 e. The molecule has 0 atom stereocenters. The van der Waals surface area contributed by atoms with Gasteiger partial charge in [0, 0.05) is 36.0 Å². The Morgan fingerprint density at radius 1 is 1.22 bits per heavy atom. The van der Waals surface area contributed by atoms with Gasteiger partial charge in [-0.15, -0.1) is 0 Å². The van der Waals surface area contributed by atoms with Gasteiger partial charge < -0.3 is 10.6 Å². The fourth-order valence-corrected chi connectivity index (χ4v) is 3.83. The molecule has 0 unspecified atom stereocenters. The van der Waals surface area contributed by atoms with E-state index in [4.69, 9.17) is 0 Å². The van der Waals surface area contributed by atoms with Gasteiger partial charge in [-0.3, -0.25) is 9.59 Å². The highest BCUT2D eigenvalue weighted by Crippen LogP contribution is 2.28. The Balaban J connectivity index is 2.07. The maximum absolute atomic E-state index is 12.6. The van der Waals surface area contributed by atoms with E-state index in [1.807, 2.05) is 13.8 Å². The van der Waals surface area contributed by atoms with Crippen LogP contribution in [0.4, 0.5) is 0 Å². The lowest BCUT2D eigenvalue weighted by atomic mass is 9.79. The van der Waals surface area contributed by atoms with Crippen molar-refractivity contribution in [3.63, 3.8) is 0 Å². The first-order chi connectivity index (χ1) is 10.5. The van der Waals surface area contributed by atoms with E-state index in [0.717, 1.165) is 12.8 Å². The van der Waals surface area contributed by atoms with Gasteiger partial charge in [0.15, 0.2) is 0 Å². The molecule has 0 bridgehead atoms. The standard InChI is InChI=1S/C17H30N4O2/c1-11(2)21-14(22)8-7-13(19-21)15(23)18-12-9-16(3,4)20-17(5,6)10-12/h11-12,20H,7-10H2,1-6H3,(H,18,23). The molecule has 0 aliphatic carbocycles. The van der Waals surface area contributed by atoms with Crippen LogP contribution in [0, 0.1) is 0 Å². The van der Waals surface area contributed by atoms with Crippen molar-refractivity contribution in [1.82, 2.24) is 15.6 Å². The summed E-state index contributed by atoms with van der Waals surface area (Å²) in [6.07, 6.45) is 2.53. The van der Waals surface area contributed by atoms with E-state index < -0.39 is 0 Å². The molecule has 1 saturated heterocycles.